The van der Waals surface area contributed by atoms with Crippen LogP contribution in [0.2, 0.25) is 0 Å². The first-order valence-corrected chi connectivity index (χ1v) is 32.5. The van der Waals surface area contributed by atoms with Gasteiger partial charge in [-0.15, -0.1) is 5.10 Å². The van der Waals surface area contributed by atoms with E-state index in [1.165, 1.54) is 0 Å². The Labute approximate surface area is 486 Å². The molecule has 12 N–H and O–H groups in total. The number of H-pyrrole nitrogens is 1. The number of unbranched alkanes of at least 4 members (excludes halogenated alkanes) is 2. The van der Waals surface area contributed by atoms with E-state index in [-0.39, 0.29) is 71.1 Å². The van der Waals surface area contributed by atoms with Crippen LogP contribution < -0.4 is 33.0 Å². The van der Waals surface area contributed by atoms with E-state index in [2.05, 4.69) is 56.2 Å². The molecule has 0 bridgehead atoms. The van der Waals surface area contributed by atoms with E-state index >= 15 is 0 Å². The maximum Gasteiger partial charge on any atom is 0.472 e. The number of ether oxygens (including phenoxy) is 5. The van der Waals surface area contributed by atoms with Crippen molar-refractivity contribution >= 4 is 81.3 Å². The van der Waals surface area contributed by atoms with Crippen molar-refractivity contribution in [1.82, 2.24) is 70.0 Å². The number of thioether (sulfide) groups is 1. The monoisotopic (exact) mass is 1280 g/mol. The van der Waals surface area contributed by atoms with Crippen molar-refractivity contribution in [3.63, 3.8) is 0 Å². The number of aryl methyl sites for hydroxylation is 1. The van der Waals surface area contributed by atoms with Gasteiger partial charge in [-0.25, -0.2) is 38.1 Å². The molecule has 37 nitrogen and oxygen atoms in total. The van der Waals surface area contributed by atoms with Gasteiger partial charge in [-0.05, 0) is 32.1 Å². The van der Waals surface area contributed by atoms with Crippen molar-refractivity contribution in [3.8, 4) is 0 Å². The number of imidazole rings is 2. The van der Waals surface area contributed by atoms with Gasteiger partial charge in [0.1, 0.15) is 42.1 Å². The number of carbonyl (C=O) groups is 2. The largest absolute Gasteiger partial charge is 0.472 e. The first kappa shape index (κ1) is 62.9. The SMILES string of the molecule is Nc1nc(N)c2ncn([C@@H]3O[C@@H]4COP(=O)(O)O[C@@H]5[C@H](O)[C@@H](n6cnc7c(=O)[nH]cnc76)O[C@H]5COP(=O)(O)O[C@H]4[C@H]3OP(=O)(O)OCCCCc3cn(CCOCCOCCOCCNC(=O)CCCCC4SCC5NC(=O)NC54)nn3)c2n1. The van der Waals surface area contributed by atoms with E-state index < -0.39 is 91.3 Å². The van der Waals surface area contributed by atoms with Gasteiger partial charge in [0.15, 0.2) is 35.1 Å². The van der Waals surface area contributed by atoms with Crippen molar-refractivity contribution in [3.05, 3.63) is 41.2 Å². The fourth-order valence-electron chi connectivity index (χ4n) is 10.1. The molecule has 5 aliphatic rings. The van der Waals surface area contributed by atoms with Gasteiger partial charge >= 0.3 is 29.5 Å². The van der Waals surface area contributed by atoms with Crippen LogP contribution in [0.15, 0.2) is 30.0 Å². The molecule has 5 saturated heterocycles. The molecule has 10 rings (SSSR count). The number of nitrogens with zero attached hydrogens (tertiary/aromatic N) is 10. The van der Waals surface area contributed by atoms with Crippen LogP contribution in [0.25, 0.3) is 22.3 Å². The average Bonchev–Trinajstić information content (AvgIpc) is 2.03. The molecule has 5 aliphatic heterocycles. The highest BCUT2D eigenvalue weighted by atomic mass is 32.2. The number of amides is 3. The van der Waals surface area contributed by atoms with Crippen LogP contribution in [-0.4, -0.2) is 211 Å². The summed E-state index contributed by atoms with van der Waals surface area (Å²) in [5.41, 5.74) is 11.6. The molecule has 6 unspecified atom stereocenters. The summed E-state index contributed by atoms with van der Waals surface area (Å²) in [4.78, 5) is 92.2. The van der Waals surface area contributed by atoms with Gasteiger partial charge in [0.25, 0.3) is 5.56 Å². The van der Waals surface area contributed by atoms with Crippen LogP contribution in [0.4, 0.5) is 16.6 Å². The number of nitrogens with one attached hydrogen (secondary N) is 4. The zero-order valence-corrected chi connectivity index (χ0v) is 48.7. The van der Waals surface area contributed by atoms with Gasteiger partial charge in [-0.2, -0.15) is 21.7 Å². The highest BCUT2D eigenvalue weighted by molar-refractivity contribution is 8.00. The molecule has 10 heterocycles. The zero-order valence-electron chi connectivity index (χ0n) is 45.2. The molecule has 468 valence electrons. The Kier molecular flexibility index (Phi) is 20.6. The number of rotatable bonds is 27. The van der Waals surface area contributed by atoms with Crippen LogP contribution in [0.3, 0.4) is 0 Å². The van der Waals surface area contributed by atoms with E-state index in [1.54, 1.807) is 10.9 Å². The molecule has 85 heavy (non-hydrogen) atoms. The molecular formula is C44H65N16O21P3S. The van der Waals surface area contributed by atoms with Crippen molar-refractivity contribution in [2.24, 2.45) is 0 Å². The molecule has 0 aromatic carbocycles. The summed E-state index contributed by atoms with van der Waals surface area (Å²) in [6.07, 6.45) is -4.93. The molecule has 14 atom stereocenters. The Morgan fingerprint density at radius 2 is 1.54 bits per heavy atom. The van der Waals surface area contributed by atoms with E-state index in [9.17, 15) is 47.9 Å². The summed E-state index contributed by atoms with van der Waals surface area (Å²) >= 11 is 1.87. The molecule has 5 aromatic rings. The molecule has 0 aliphatic carbocycles. The van der Waals surface area contributed by atoms with Crippen LogP contribution >= 0.6 is 35.2 Å². The number of phosphoric ester groups is 3. The minimum atomic E-state index is -5.38. The van der Waals surface area contributed by atoms with E-state index in [0.29, 0.717) is 82.9 Å². The maximum absolute atomic E-state index is 13.9. The third kappa shape index (κ3) is 15.9. The minimum absolute atomic E-state index is 0.0101. The summed E-state index contributed by atoms with van der Waals surface area (Å²) in [5.74, 6) is 0.408. The van der Waals surface area contributed by atoms with E-state index in [0.717, 1.165) is 53.1 Å². The lowest BCUT2D eigenvalue weighted by atomic mass is 10.0. The van der Waals surface area contributed by atoms with Gasteiger partial charge in [-0.3, -0.25) is 45.9 Å². The predicted molar refractivity (Wildman–Crippen MR) is 290 cm³/mol. The Bertz CT molecular complexity index is 3330. The average molecular weight is 1280 g/mol. The number of aliphatic hydroxyl groups excluding tert-OH is 1. The minimum Gasteiger partial charge on any atom is -0.386 e. The quantitative estimate of drug-likeness (QED) is 0.0177. The van der Waals surface area contributed by atoms with Gasteiger partial charge in [0.2, 0.25) is 11.9 Å². The van der Waals surface area contributed by atoms with Crippen molar-refractivity contribution < 1.29 is 93.9 Å². The number of hydrogen-bond acceptors (Lipinski definition) is 28. The van der Waals surface area contributed by atoms with Gasteiger partial charge in [-0.1, -0.05) is 11.6 Å². The number of fused-ring (bicyclic) bond motifs is 5. The molecule has 0 saturated carbocycles. The Morgan fingerprint density at radius 1 is 0.847 bits per heavy atom. The normalized spacial score (nSPS) is 30.3. The van der Waals surface area contributed by atoms with Crippen molar-refractivity contribution in [2.45, 2.75) is 118 Å². The number of anilines is 2. The van der Waals surface area contributed by atoms with Crippen LogP contribution in [-0.2, 0) is 82.3 Å². The number of nitrogen functional groups attached to an aromatic ring is 2. The molecule has 0 spiro atoms. The zero-order chi connectivity index (χ0) is 59.9. The number of nitrogens with two attached hydrogens (primary N) is 2. The summed E-state index contributed by atoms with van der Waals surface area (Å²) in [6, 6.07) is 0.269. The predicted octanol–water partition coefficient (Wildman–Crippen LogP) is -0.694. The number of aromatic nitrogens is 11. The number of aromatic amines is 1. The molecule has 5 aromatic heterocycles. The molecule has 5 fully saturated rings. The third-order valence-corrected chi connectivity index (χ3v) is 18.6. The molecule has 41 heteroatoms. The Balaban J connectivity index is 0.655. The number of urea groups is 1. The summed E-state index contributed by atoms with van der Waals surface area (Å²) in [5, 5.41) is 28.9. The number of aliphatic hydroxyl groups is 1. The van der Waals surface area contributed by atoms with Crippen LogP contribution in [0.1, 0.15) is 56.7 Å². The molecule has 3 amide bonds. The fourth-order valence-corrected chi connectivity index (χ4v) is 14.5. The first-order valence-electron chi connectivity index (χ1n) is 27.0. The van der Waals surface area contributed by atoms with Crippen LogP contribution in [0, 0.1) is 0 Å². The number of phosphoric acid groups is 3. The van der Waals surface area contributed by atoms with E-state index in [4.69, 9.17) is 62.3 Å². The fraction of sp³-hybridized carbons (Fsp3) is 0.682. The maximum atomic E-state index is 13.9. The first-order chi connectivity index (χ1) is 40.8. The smallest absolute Gasteiger partial charge is 0.386 e. The lowest BCUT2D eigenvalue weighted by Crippen LogP contribution is -2.39. The summed E-state index contributed by atoms with van der Waals surface area (Å²) in [6.45, 7) is 0.575. The van der Waals surface area contributed by atoms with Crippen LogP contribution in [0.5, 0.6) is 0 Å². The van der Waals surface area contributed by atoms with Crippen molar-refractivity contribution in [2.75, 3.05) is 83.2 Å². The van der Waals surface area contributed by atoms with Crippen molar-refractivity contribution in [1.29, 1.82) is 0 Å². The highest BCUT2D eigenvalue weighted by Crippen LogP contribution is 2.57. The molecule has 0 radical (unpaired) electrons. The second kappa shape index (κ2) is 27.9. The van der Waals surface area contributed by atoms with E-state index in [1.807, 2.05) is 11.8 Å². The van der Waals surface area contributed by atoms with Gasteiger partial charge in [0.05, 0.1) is 103 Å². The summed E-state index contributed by atoms with van der Waals surface area (Å²) in [7, 11) is -15.9. The lowest BCUT2D eigenvalue weighted by molar-refractivity contribution is -0.121. The second-order valence-corrected chi connectivity index (χ2v) is 25.5. The Morgan fingerprint density at radius 3 is 2.32 bits per heavy atom. The second-order valence-electron chi connectivity index (χ2n) is 20.0. The van der Waals surface area contributed by atoms with Gasteiger partial charge < -0.3 is 75.9 Å². The number of carbonyl (C=O) groups excluding carboxylic acids is 2. The molecular weight excluding hydrogens is 1210 g/mol. The Hall–Kier alpha value is -5.18. The topological polar surface area (TPSA) is 494 Å². The summed E-state index contributed by atoms with van der Waals surface area (Å²) < 4.78 is 107. The third-order valence-electron chi connectivity index (χ3n) is 14.1. The lowest BCUT2D eigenvalue weighted by Gasteiger charge is -2.29. The van der Waals surface area contributed by atoms with Gasteiger partial charge in [0, 0.05) is 30.2 Å². The standard InChI is InChI=1S/C44H65N16O21P3S/c45-37-31-39(55-43(46)54-37)60(22-50-31)42-36(35-27(78-42)19-76-83(67,68)79-34-26(18-75-84(69,70)80-35)77-41(33(34)62)59-23-51-32-38(59)48-21-49-40(32)63)81-82(65,66)74-10-4-3-5-24-17-58(57-56-24)9-12-72-14-16-73-15-13-71-11-8-47-29(61)7-2-1-6-28-30-25(20-85-28)52-44(64)53-30/h17,21-23,25-28,30,33-36,41-42,62H,1-16,18-20H2,(H,47,61)(H,65,66)(H,67,68)(H,69,70)(H,48,49,63)(H2,52,53,64)(H4,45,46,54,55)/t25?,26-,27+,28?,30?,33-,34-,35+,36+,41-,42+/m0/s1. The highest BCUT2D eigenvalue weighted by Gasteiger charge is 2.56. The number of hydrogen-bond donors (Lipinski definition) is 10.